The normalized spacial score (nSPS) is 21.6. The first-order chi connectivity index (χ1) is 14.5. The molecule has 3 amide bonds. The van der Waals surface area contributed by atoms with Crippen LogP contribution in [0.2, 0.25) is 0 Å². The predicted molar refractivity (Wildman–Crippen MR) is 115 cm³/mol. The Labute approximate surface area is 178 Å². The van der Waals surface area contributed by atoms with Crippen LogP contribution in [-0.2, 0) is 21.2 Å². The molecule has 1 unspecified atom stereocenters. The first-order valence-electron chi connectivity index (χ1n) is 10.9. The Hall–Kier alpha value is -2.29. The average Bonchev–Trinajstić information content (AvgIpc) is 3.43. The summed E-state index contributed by atoms with van der Waals surface area (Å²) < 4.78 is 27.0. The van der Waals surface area contributed by atoms with E-state index in [0.29, 0.717) is 26.1 Å². The van der Waals surface area contributed by atoms with E-state index in [4.69, 9.17) is 0 Å². The Bertz CT molecular complexity index is 898. The molecule has 0 aliphatic carbocycles. The number of hydrogen-bond acceptors (Lipinski definition) is 4. The minimum absolute atomic E-state index is 0.0280. The number of piperidine rings is 1. The van der Waals surface area contributed by atoms with E-state index in [1.54, 1.807) is 4.90 Å². The molecule has 164 valence electrons. The number of urea groups is 1. The molecule has 2 fully saturated rings. The fraction of sp³-hybridized carbons (Fsp3) is 0.619. The van der Waals surface area contributed by atoms with Crippen LogP contribution in [0.1, 0.15) is 31.2 Å². The van der Waals surface area contributed by atoms with Gasteiger partial charge in [0.1, 0.15) is 0 Å². The molecule has 0 spiro atoms. The largest absolute Gasteiger partial charge is 0.355 e. The minimum atomic E-state index is -3.49. The van der Waals surface area contributed by atoms with Crippen LogP contribution in [0, 0.1) is 5.92 Å². The van der Waals surface area contributed by atoms with Crippen molar-refractivity contribution in [2.45, 2.75) is 32.1 Å². The van der Waals surface area contributed by atoms with Crippen molar-refractivity contribution in [3.05, 3.63) is 29.8 Å². The monoisotopic (exact) mass is 434 g/mol. The van der Waals surface area contributed by atoms with Gasteiger partial charge in [-0.05, 0) is 43.7 Å². The highest BCUT2D eigenvalue weighted by Gasteiger charge is 2.32. The number of carbonyl (C=O) groups is 2. The lowest BCUT2D eigenvalue weighted by atomic mass is 9.97. The van der Waals surface area contributed by atoms with Gasteiger partial charge in [-0.1, -0.05) is 18.2 Å². The molecule has 2 saturated heterocycles. The molecule has 30 heavy (non-hydrogen) atoms. The molecular formula is C21H30N4O4S. The number of nitrogens with zero attached hydrogens (tertiary/aromatic N) is 3. The van der Waals surface area contributed by atoms with Crippen molar-refractivity contribution in [3.63, 3.8) is 0 Å². The van der Waals surface area contributed by atoms with E-state index in [-0.39, 0.29) is 30.2 Å². The highest BCUT2D eigenvalue weighted by atomic mass is 32.2. The SMILES string of the molecule is O=C(NCCS(=O)(=O)N1CCc2ccccc21)C1CCCN(C(=O)N2CCCC2)C1. The minimum Gasteiger partial charge on any atom is -0.355 e. The van der Waals surface area contributed by atoms with Gasteiger partial charge >= 0.3 is 6.03 Å². The van der Waals surface area contributed by atoms with Crippen molar-refractivity contribution in [3.8, 4) is 0 Å². The van der Waals surface area contributed by atoms with Crippen LogP contribution in [0.15, 0.2) is 24.3 Å². The molecule has 0 aromatic heterocycles. The average molecular weight is 435 g/mol. The lowest BCUT2D eigenvalue weighted by Crippen LogP contribution is -2.50. The summed E-state index contributed by atoms with van der Waals surface area (Å²) in [5, 5.41) is 2.79. The standard InChI is InChI=1S/C21H30N4O4S/c26-20(18-7-5-13-24(16-18)21(27)23-11-3-4-12-23)22-10-15-30(28,29)25-14-9-17-6-1-2-8-19(17)25/h1-2,6,8,18H,3-5,7,9-16H2,(H,22,26). The number of amides is 3. The van der Waals surface area contributed by atoms with E-state index in [1.165, 1.54) is 4.31 Å². The van der Waals surface area contributed by atoms with Crippen molar-refractivity contribution >= 4 is 27.6 Å². The number of para-hydroxylation sites is 1. The molecule has 1 atom stereocenters. The van der Waals surface area contributed by atoms with E-state index in [9.17, 15) is 18.0 Å². The fourth-order valence-corrected chi connectivity index (χ4v) is 6.06. The predicted octanol–water partition coefficient (Wildman–Crippen LogP) is 1.42. The topological polar surface area (TPSA) is 90.0 Å². The van der Waals surface area contributed by atoms with Gasteiger partial charge in [0.15, 0.2) is 0 Å². The molecule has 4 rings (SSSR count). The second-order valence-electron chi connectivity index (χ2n) is 8.32. The first-order valence-corrected chi connectivity index (χ1v) is 12.5. The lowest BCUT2D eigenvalue weighted by molar-refractivity contribution is -0.126. The van der Waals surface area contributed by atoms with Crippen molar-refractivity contribution in [1.82, 2.24) is 15.1 Å². The van der Waals surface area contributed by atoms with Gasteiger partial charge in [-0.25, -0.2) is 13.2 Å². The van der Waals surface area contributed by atoms with Crippen molar-refractivity contribution < 1.29 is 18.0 Å². The van der Waals surface area contributed by atoms with Crippen molar-refractivity contribution in [2.24, 2.45) is 5.92 Å². The number of hydrogen-bond donors (Lipinski definition) is 1. The molecule has 8 nitrogen and oxygen atoms in total. The van der Waals surface area contributed by atoms with E-state index in [2.05, 4.69) is 5.32 Å². The number of carbonyl (C=O) groups excluding carboxylic acids is 2. The fourth-order valence-electron chi connectivity index (χ4n) is 4.63. The highest BCUT2D eigenvalue weighted by molar-refractivity contribution is 7.92. The van der Waals surface area contributed by atoms with Gasteiger partial charge < -0.3 is 15.1 Å². The van der Waals surface area contributed by atoms with Gasteiger partial charge in [-0.3, -0.25) is 9.10 Å². The summed E-state index contributed by atoms with van der Waals surface area (Å²) >= 11 is 0. The summed E-state index contributed by atoms with van der Waals surface area (Å²) in [6.07, 6.45) is 4.31. The van der Waals surface area contributed by atoms with Crippen LogP contribution in [0.5, 0.6) is 0 Å². The Kier molecular flexibility index (Phi) is 6.17. The molecule has 1 aromatic carbocycles. The Morgan fingerprint density at radius 2 is 1.73 bits per heavy atom. The van der Waals surface area contributed by atoms with Gasteiger partial charge in [-0.2, -0.15) is 0 Å². The first kappa shape index (κ1) is 21.0. The third-order valence-corrected chi connectivity index (χ3v) is 8.05. The maximum Gasteiger partial charge on any atom is 0.320 e. The van der Waals surface area contributed by atoms with Gasteiger partial charge in [0.2, 0.25) is 15.9 Å². The zero-order valence-electron chi connectivity index (χ0n) is 17.3. The van der Waals surface area contributed by atoms with Crippen molar-refractivity contribution in [2.75, 3.05) is 49.3 Å². The Morgan fingerprint density at radius 3 is 2.53 bits per heavy atom. The number of rotatable bonds is 5. The van der Waals surface area contributed by atoms with Crippen LogP contribution >= 0.6 is 0 Å². The maximum atomic E-state index is 12.8. The van der Waals surface area contributed by atoms with Gasteiger partial charge in [0.25, 0.3) is 0 Å². The summed E-state index contributed by atoms with van der Waals surface area (Å²) in [5.74, 6) is -0.567. The Balaban J connectivity index is 1.28. The number of fused-ring (bicyclic) bond motifs is 1. The molecule has 3 aliphatic heterocycles. The summed E-state index contributed by atoms with van der Waals surface area (Å²) in [7, 11) is -3.49. The van der Waals surface area contributed by atoms with Gasteiger partial charge in [0, 0.05) is 39.3 Å². The van der Waals surface area contributed by atoms with Crippen LogP contribution in [-0.4, -0.2) is 75.2 Å². The molecule has 9 heteroatoms. The molecule has 1 aromatic rings. The molecule has 0 bridgehead atoms. The second-order valence-corrected chi connectivity index (χ2v) is 10.3. The number of likely N-dealkylation sites (tertiary alicyclic amines) is 2. The second kappa shape index (κ2) is 8.83. The molecule has 0 saturated carbocycles. The zero-order chi connectivity index (χ0) is 21.1. The molecule has 3 heterocycles. The van der Waals surface area contributed by atoms with E-state index in [0.717, 1.165) is 50.0 Å². The number of anilines is 1. The number of nitrogens with one attached hydrogen (secondary N) is 1. The summed E-state index contributed by atoms with van der Waals surface area (Å²) in [6, 6.07) is 7.56. The third-order valence-electron chi connectivity index (χ3n) is 6.28. The molecule has 3 aliphatic rings. The molecule has 0 radical (unpaired) electrons. The third kappa shape index (κ3) is 4.40. The quantitative estimate of drug-likeness (QED) is 0.759. The van der Waals surface area contributed by atoms with E-state index < -0.39 is 10.0 Å². The molecular weight excluding hydrogens is 404 g/mol. The summed E-state index contributed by atoms with van der Waals surface area (Å²) in [4.78, 5) is 28.9. The van der Waals surface area contributed by atoms with E-state index >= 15 is 0 Å². The van der Waals surface area contributed by atoms with Crippen LogP contribution in [0.3, 0.4) is 0 Å². The summed E-state index contributed by atoms with van der Waals surface area (Å²) in [5.41, 5.74) is 1.78. The van der Waals surface area contributed by atoms with Crippen LogP contribution < -0.4 is 9.62 Å². The van der Waals surface area contributed by atoms with Crippen molar-refractivity contribution in [1.29, 1.82) is 0 Å². The number of benzene rings is 1. The van der Waals surface area contributed by atoms with E-state index in [1.807, 2.05) is 29.2 Å². The zero-order valence-corrected chi connectivity index (χ0v) is 18.1. The molecule has 1 N–H and O–H groups in total. The lowest BCUT2D eigenvalue weighted by Gasteiger charge is -2.34. The maximum absolute atomic E-state index is 12.8. The van der Waals surface area contributed by atoms with Gasteiger partial charge in [0.05, 0.1) is 17.4 Å². The summed E-state index contributed by atoms with van der Waals surface area (Å²) in [6.45, 7) is 3.21. The van der Waals surface area contributed by atoms with Crippen LogP contribution in [0.25, 0.3) is 0 Å². The van der Waals surface area contributed by atoms with Crippen LogP contribution in [0.4, 0.5) is 10.5 Å². The number of sulfonamides is 1. The van der Waals surface area contributed by atoms with Gasteiger partial charge in [-0.15, -0.1) is 0 Å². The smallest absolute Gasteiger partial charge is 0.320 e. The Morgan fingerprint density at radius 1 is 1.00 bits per heavy atom. The highest BCUT2D eigenvalue weighted by Crippen LogP contribution is 2.29.